The van der Waals surface area contributed by atoms with Crippen LogP contribution in [0.25, 0.3) is 0 Å². The largest absolute Gasteiger partial charge is 0.375 e. The van der Waals surface area contributed by atoms with E-state index in [1.165, 1.54) is 0 Å². The van der Waals surface area contributed by atoms with Crippen LogP contribution in [0.5, 0.6) is 0 Å². The molecule has 0 saturated carbocycles. The molecule has 0 radical (unpaired) electrons. The first kappa shape index (κ1) is 30.0. The average molecular weight is 532 g/mol. The summed E-state index contributed by atoms with van der Waals surface area (Å²) in [5.41, 5.74) is 0.381. The molecule has 7 nitrogen and oxygen atoms in total. The fourth-order valence-corrected chi connectivity index (χ4v) is 3.45. The zero-order valence-corrected chi connectivity index (χ0v) is 24.0. The summed E-state index contributed by atoms with van der Waals surface area (Å²) in [5, 5.41) is 12.0. The lowest BCUT2D eigenvalue weighted by molar-refractivity contribution is -0.120. The van der Waals surface area contributed by atoms with Crippen molar-refractivity contribution >= 4 is 21.8 Å². The summed E-state index contributed by atoms with van der Waals surface area (Å²) >= 11 is 3.18. The van der Waals surface area contributed by atoms with E-state index in [0.717, 1.165) is 50.9 Å². The topological polar surface area (TPSA) is 78.3 Å². The molecule has 0 aliphatic carbocycles. The molecule has 8 heteroatoms. The molecule has 33 heavy (non-hydrogen) atoms. The van der Waals surface area contributed by atoms with Gasteiger partial charge in [0.15, 0.2) is 0 Å². The van der Waals surface area contributed by atoms with E-state index in [4.69, 9.17) is 9.47 Å². The molecule has 1 aromatic rings. The van der Waals surface area contributed by atoms with Crippen LogP contribution in [0.4, 0.5) is 0 Å². The van der Waals surface area contributed by atoms with Gasteiger partial charge in [0.1, 0.15) is 0 Å². The van der Waals surface area contributed by atoms with E-state index in [2.05, 4.69) is 80.0 Å². The molecule has 0 aliphatic rings. The number of aromatic nitrogens is 3. The number of halogens is 1. The van der Waals surface area contributed by atoms with E-state index in [1.807, 2.05) is 24.7 Å². The molecule has 0 spiro atoms. The average Bonchev–Trinajstić information content (AvgIpc) is 3.12. The van der Waals surface area contributed by atoms with Crippen molar-refractivity contribution in [2.75, 3.05) is 18.5 Å². The quantitative estimate of drug-likeness (QED) is 0.293. The Morgan fingerprint density at radius 3 is 2.21 bits per heavy atom. The predicted molar refractivity (Wildman–Crippen MR) is 138 cm³/mol. The van der Waals surface area contributed by atoms with Gasteiger partial charge in [0.2, 0.25) is 5.91 Å². The number of nitrogens with zero attached hydrogens (tertiary/aromatic N) is 3. The Hall–Kier alpha value is -0.990. The lowest BCUT2D eigenvalue weighted by Gasteiger charge is -2.30. The Morgan fingerprint density at radius 2 is 1.61 bits per heavy atom. The van der Waals surface area contributed by atoms with Crippen LogP contribution in [0.1, 0.15) is 93.7 Å². The standard InChI is InChI=1S/C25H47BrN4O3/c1-10-22(2,3)12-15-33-25(8,9)17-20-19-30(29-28-20)14-11-24(6,7)32-16-13-23(4,5)27-21(31)18-26/h19H,10-18H2,1-9H3,(H,27,31). The zero-order valence-electron chi connectivity index (χ0n) is 22.4. The van der Waals surface area contributed by atoms with Gasteiger partial charge in [0.05, 0.1) is 22.2 Å². The highest BCUT2D eigenvalue weighted by Gasteiger charge is 2.25. The number of hydrogen-bond acceptors (Lipinski definition) is 5. The van der Waals surface area contributed by atoms with Crippen molar-refractivity contribution in [3.8, 4) is 0 Å². The van der Waals surface area contributed by atoms with Gasteiger partial charge in [0, 0.05) is 37.9 Å². The number of carbonyl (C=O) groups is 1. The van der Waals surface area contributed by atoms with Gasteiger partial charge < -0.3 is 14.8 Å². The fourth-order valence-electron chi connectivity index (χ4n) is 3.31. The molecule has 1 rings (SSSR count). The SMILES string of the molecule is CCC(C)(C)CCOC(C)(C)Cc1cn(CCC(C)(C)OCCC(C)(C)NC(=O)CBr)nn1. The normalized spacial score (nSPS) is 13.4. The first-order valence-electron chi connectivity index (χ1n) is 12.1. The monoisotopic (exact) mass is 530 g/mol. The first-order chi connectivity index (χ1) is 15.1. The fraction of sp³-hybridized carbons (Fsp3) is 0.880. The molecule has 1 N–H and O–H groups in total. The van der Waals surface area contributed by atoms with Crippen LogP contribution in [0.3, 0.4) is 0 Å². The number of rotatable bonds is 16. The van der Waals surface area contributed by atoms with Gasteiger partial charge in [-0.3, -0.25) is 9.48 Å². The van der Waals surface area contributed by atoms with E-state index in [1.54, 1.807) is 0 Å². The summed E-state index contributed by atoms with van der Waals surface area (Å²) in [4.78, 5) is 11.6. The van der Waals surface area contributed by atoms with Gasteiger partial charge in [-0.25, -0.2) is 0 Å². The van der Waals surface area contributed by atoms with Gasteiger partial charge in [-0.05, 0) is 66.2 Å². The maximum absolute atomic E-state index is 11.6. The summed E-state index contributed by atoms with van der Waals surface area (Å²) in [5.74, 6) is -0.0142. The van der Waals surface area contributed by atoms with E-state index in [9.17, 15) is 4.79 Å². The number of nitrogens with one attached hydrogen (secondary N) is 1. The highest BCUT2D eigenvalue weighted by molar-refractivity contribution is 9.09. The molecule has 0 aromatic carbocycles. The number of hydrogen-bond donors (Lipinski definition) is 1. The Kier molecular flexibility index (Phi) is 11.5. The van der Waals surface area contributed by atoms with Crippen molar-refractivity contribution in [1.82, 2.24) is 20.3 Å². The summed E-state index contributed by atoms with van der Waals surface area (Å²) in [6.07, 6.45) is 6.50. The summed E-state index contributed by atoms with van der Waals surface area (Å²) in [7, 11) is 0. The number of carbonyl (C=O) groups excluding carboxylic acids is 1. The molecule has 0 bridgehead atoms. The van der Waals surface area contributed by atoms with Gasteiger partial charge in [0.25, 0.3) is 0 Å². The van der Waals surface area contributed by atoms with E-state index in [-0.39, 0.29) is 22.6 Å². The highest BCUT2D eigenvalue weighted by atomic mass is 79.9. The maximum Gasteiger partial charge on any atom is 0.231 e. The van der Waals surface area contributed by atoms with Crippen molar-refractivity contribution in [3.05, 3.63) is 11.9 Å². The van der Waals surface area contributed by atoms with Gasteiger partial charge >= 0.3 is 0 Å². The van der Waals surface area contributed by atoms with Crippen LogP contribution in [0.15, 0.2) is 6.20 Å². The molecule has 0 unspecified atom stereocenters. The summed E-state index contributed by atoms with van der Waals surface area (Å²) in [6.45, 7) is 21.3. The van der Waals surface area contributed by atoms with Crippen LogP contribution in [-0.2, 0) is 27.2 Å². The Labute approximate surface area is 209 Å². The third-order valence-corrected chi connectivity index (χ3v) is 6.69. The van der Waals surface area contributed by atoms with Crippen molar-refractivity contribution in [3.63, 3.8) is 0 Å². The Balaban J connectivity index is 2.45. The Bertz CT molecular complexity index is 729. The van der Waals surface area contributed by atoms with Gasteiger partial charge in [-0.1, -0.05) is 48.3 Å². The third kappa shape index (κ3) is 12.9. The van der Waals surface area contributed by atoms with Gasteiger partial charge in [-0.2, -0.15) is 0 Å². The van der Waals surface area contributed by atoms with E-state index < -0.39 is 0 Å². The molecule has 0 fully saturated rings. The molecule has 0 saturated heterocycles. The van der Waals surface area contributed by atoms with Crippen molar-refractivity contribution in [2.24, 2.45) is 5.41 Å². The first-order valence-corrected chi connectivity index (χ1v) is 13.2. The molecule has 0 atom stereocenters. The lowest BCUT2D eigenvalue weighted by atomic mass is 9.87. The molecular formula is C25H47BrN4O3. The minimum atomic E-state index is -0.303. The molecule has 1 heterocycles. The van der Waals surface area contributed by atoms with Gasteiger partial charge in [-0.15, -0.1) is 5.10 Å². The molecule has 0 aliphatic heterocycles. The second-order valence-electron chi connectivity index (χ2n) is 11.7. The van der Waals surface area contributed by atoms with Crippen LogP contribution in [-0.4, -0.2) is 56.2 Å². The molecule has 192 valence electrons. The van der Waals surface area contributed by atoms with E-state index in [0.29, 0.717) is 17.4 Å². The third-order valence-electron chi connectivity index (χ3n) is 6.18. The molecule has 1 amide bonds. The van der Waals surface area contributed by atoms with Crippen LogP contribution in [0.2, 0.25) is 0 Å². The minimum absolute atomic E-state index is 0.0142. The Morgan fingerprint density at radius 1 is 1.00 bits per heavy atom. The zero-order chi connectivity index (χ0) is 25.3. The van der Waals surface area contributed by atoms with Crippen molar-refractivity contribution in [2.45, 2.75) is 118 Å². The van der Waals surface area contributed by atoms with Crippen LogP contribution >= 0.6 is 15.9 Å². The maximum atomic E-state index is 11.6. The molecular weight excluding hydrogens is 484 g/mol. The summed E-state index contributed by atoms with van der Waals surface area (Å²) < 4.78 is 14.2. The molecule has 1 aromatic heterocycles. The minimum Gasteiger partial charge on any atom is -0.375 e. The number of amides is 1. The van der Waals surface area contributed by atoms with Crippen LogP contribution in [0, 0.1) is 5.41 Å². The highest BCUT2D eigenvalue weighted by Crippen LogP contribution is 2.26. The van der Waals surface area contributed by atoms with Crippen LogP contribution < -0.4 is 5.32 Å². The smallest absolute Gasteiger partial charge is 0.231 e. The second kappa shape index (κ2) is 12.6. The van der Waals surface area contributed by atoms with E-state index >= 15 is 0 Å². The second-order valence-corrected chi connectivity index (χ2v) is 12.3. The van der Waals surface area contributed by atoms with Crippen molar-refractivity contribution in [1.29, 1.82) is 0 Å². The number of aryl methyl sites for hydroxylation is 1. The predicted octanol–water partition coefficient (Wildman–Crippen LogP) is 5.31. The number of alkyl halides is 1. The number of ether oxygens (including phenoxy) is 2. The van der Waals surface area contributed by atoms with Crippen molar-refractivity contribution < 1.29 is 14.3 Å². The summed E-state index contributed by atoms with van der Waals surface area (Å²) in [6, 6.07) is 0. The lowest BCUT2D eigenvalue weighted by Crippen LogP contribution is -2.45.